The Kier molecular flexibility index (Phi) is 4.54. The molecule has 0 amide bonds. The van der Waals surface area contributed by atoms with Gasteiger partial charge in [0, 0.05) is 0 Å². The van der Waals surface area contributed by atoms with Crippen molar-refractivity contribution in [3.05, 3.63) is 48.0 Å². The molecule has 0 radical (unpaired) electrons. The molecule has 0 aliphatic heterocycles. The predicted molar refractivity (Wildman–Crippen MR) is 86.2 cm³/mol. The first kappa shape index (κ1) is 17.7. The highest BCUT2D eigenvalue weighted by Crippen LogP contribution is 2.31. The number of aliphatic carboxylic acids is 1. The lowest BCUT2D eigenvalue weighted by Crippen LogP contribution is -2.25. The van der Waals surface area contributed by atoms with Crippen LogP contribution in [0, 0.1) is 0 Å². The summed E-state index contributed by atoms with van der Waals surface area (Å²) in [6.07, 6.45) is -5.09. The second kappa shape index (κ2) is 6.66. The van der Waals surface area contributed by atoms with Crippen LogP contribution in [0.15, 0.2) is 42.5 Å². The van der Waals surface area contributed by atoms with E-state index in [4.69, 9.17) is 9.84 Å². The molecule has 0 aliphatic carbocycles. The monoisotopic (exact) mass is 365 g/mol. The molecule has 0 fully saturated rings. The normalized spacial score (nSPS) is 12.9. The molecule has 1 heterocycles. The lowest BCUT2D eigenvalue weighted by atomic mass is 10.2. The number of aromatic nitrogens is 3. The van der Waals surface area contributed by atoms with E-state index in [0.717, 1.165) is 12.1 Å². The van der Waals surface area contributed by atoms with Gasteiger partial charge in [-0.15, -0.1) is 5.10 Å². The third-order valence-corrected chi connectivity index (χ3v) is 3.78. The lowest BCUT2D eigenvalue weighted by molar-refractivity contribution is -0.145. The molecule has 0 saturated heterocycles. The molecule has 1 aromatic heterocycles. The van der Waals surface area contributed by atoms with Crippen LogP contribution in [-0.4, -0.2) is 32.2 Å². The van der Waals surface area contributed by atoms with Gasteiger partial charge in [0.15, 0.2) is 6.10 Å². The molecule has 1 atom stereocenters. The first-order chi connectivity index (χ1) is 12.3. The highest BCUT2D eigenvalue weighted by atomic mass is 19.4. The van der Waals surface area contributed by atoms with Gasteiger partial charge in [-0.3, -0.25) is 0 Å². The van der Waals surface area contributed by atoms with Gasteiger partial charge in [0.2, 0.25) is 0 Å². The number of carboxylic acids is 1. The lowest BCUT2D eigenvalue weighted by Gasteiger charge is -2.13. The number of benzene rings is 2. The van der Waals surface area contributed by atoms with Crippen molar-refractivity contribution in [2.24, 2.45) is 0 Å². The van der Waals surface area contributed by atoms with Crippen LogP contribution < -0.4 is 4.74 Å². The minimum absolute atomic E-state index is 0.122. The molecule has 6 nitrogen and oxygen atoms in total. The van der Waals surface area contributed by atoms with E-state index < -0.39 is 23.8 Å². The summed E-state index contributed by atoms with van der Waals surface area (Å²) in [4.78, 5) is 11.0. The summed E-state index contributed by atoms with van der Waals surface area (Å²) >= 11 is 0. The van der Waals surface area contributed by atoms with Crippen molar-refractivity contribution in [1.29, 1.82) is 0 Å². The number of alkyl halides is 3. The van der Waals surface area contributed by atoms with Gasteiger partial charge in [0.05, 0.1) is 16.8 Å². The van der Waals surface area contributed by atoms with E-state index in [9.17, 15) is 18.0 Å². The van der Waals surface area contributed by atoms with Crippen molar-refractivity contribution in [1.82, 2.24) is 15.0 Å². The summed E-state index contributed by atoms with van der Waals surface area (Å²) in [5.41, 5.74) is 0.309. The summed E-state index contributed by atoms with van der Waals surface area (Å²) in [5.74, 6) is -0.689. The van der Waals surface area contributed by atoms with E-state index in [2.05, 4.69) is 10.3 Å². The third-order valence-electron chi connectivity index (χ3n) is 3.78. The summed E-state index contributed by atoms with van der Waals surface area (Å²) < 4.78 is 45.1. The first-order valence-electron chi connectivity index (χ1n) is 7.72. The average Bonchev–Trinajstić information content (AvgIpc) is 3.02. The van der Waals surface area contributed by atoms with Gasteiger partial charge in [-0.25, -0.2) is 9.48 Å². The van der Waals surface area contributed by atoms with Crippen LogP contribution in [0.3, 0.4) is 0 Å². The maximum Gasteiger partial charge on any atom is 0.416 e. The zero-order valence-electron chi connectivity index (χ0n) is 13.6. The van der Waals surface area contributed by atoms with Gasteiger partial charge in [-0.05, 0) is 48.9 Å². The number of hydrogen-bond donors (Lipinski definition) is 1. The van der Waals surface area contributed by atoms with Crippen LogP contribution in [-0.2, 0) is 11.0 Å². The van der Waals surface area contributed by atoms with Crippen LogP contribution in [0.4, 0.5) is 13.2 Å². The van der Waals surface area contributed by atoms with Crippen LogP contribution in [0.5, 0.6) is 5.75 Å². The highest BCUT2D eigenvalue weighted by molar-refractivity contribution is 5.77. The van der Waals surface area contributed by atoms with Gasteiger partial charge in [-0.1, -0.05) is 12.1 Å². The van der Waals surface area contributed by atoms with E-state index >= 15 is 0 Å². The van der Waals surface area contributed by atoms with Gasteiger partial charge in [0.1, 0.15) is 11.3 Å². The minimum atomic E-state index is -4.45. The van der Waals surface area contributed by atoms with E-state index in [1.165, 1.54) is 10.7 Å². The smallest absolute Gasteiger partial charge is 0.416 e. The number of nitrogens with zero attached hydrogens (tertiary/aromatic N) is 3. The Labute approximate surface area is 145 Å². The number of hydrogen-bond acceptors (Lipinski definition) is 4. The Morgan fingerprint density at radius 2 is 1.92 bits per heavy atom. The molecular formula is C17H14F3N3O3. The number of carbonyl (C=O) groups is 1. The largest absolute Gasteiger partial charge is 0.479 e. The summed E-state index contributed by atoms with van der Waals surface area (Å²) in [7, 11) is 0. The van der Waals surface area contributed by atoms with Gasteiger partial charge >= 0.3 is 12.1 Å². The van der Waals surface area contributed by atoms with E-state index in [1.807, 2.05) is 0 Å². The van der Waals surface area contributed by atoms with Crippen molar-refractivity contribution in [3.8, 4) is 11.4 Å². The Morgan fingerprint density at radius 3 is 2.50 bits per heavy atom. The van der Waals surface area contributed by atoms with E-state index in [-0.39, 0.29) is 5.52 Å². The topological polar surface area (TPSA) is 77.2 Å². The highest BCUT2D eigenvalue weighted by Gasteiger charge is 2.31. The Morgan fingerprint density at radius 1 is 1.23 bits per heavy atom. The van der Waals surface area contributed by atoms with Crippen LogP contribution >= 0.6 is 0 Å². The molecule has 1 N–H and O–H groups in total. The van der Waals surface area contributed by atoms with Gasteiger partial charge < -0.3 is 9.84 Å². The van der Waals surface area contributed by atoms with Crippen LogP contribution in [0.25, 0.3) is 16.7 Å². The van der Waals surface area contributed by atoms with Crippen molar-refractivity contribution < 1.29 is 27.8 Å². The van der Waals surface area contributed by atoms with Crippen molar-refractivity contribution >= 4 is 17.0 Å². The molecule has 0 bridgehead atoms. The average molecular weight is 365 g/mol. The summed E-state index contributed by atoms with van der Waals surface area (Å²) in [5, 5.41) is 16.7. The number of halogens is 3. The molecule has 136 valence electrons. The molecule has 1 unspecified atom stereocenters. The van der Waals surface area contributed by atoms with Crippen molar-refractivity contribution in [3.63, 3.8) is 0 Å². The number of fused-ring (bicyclic) bond motifs is 1. The number of carboxylic acid groups (broad SMARTS) is 1. The van der Waals surface area contributed by atoms with Gasteiger partial charge in [0.25, 0.3) is 0 Å². The van der Waals surface area contributed by atoms with Crippen molar-refractivity contribution in [2.75, 3.05) is 0 Å². The Bertz CT molecular complexity index is 936. The Hall–Kier alpha value is -3.10. The molecule has 0 spiro atoms. The quantitative estimate of drug-likeness (QED) is 0.746. The number of rotatable bonds is 5. The fraction of sp³-hybridized carbons (Fsp3) is 0.235. The van der Waals surface area contributed by atoms with E-state index in [1.54, 1.807) is 31.2 Å². The predicted octanol–water partition coefficient (Wildman–Crippen LogP) is 3.68. The summed E-state index contributed by atoms with van der Waals surface area (Å²) in [6, 6.07) is 9.59. The molecule has 9 heteroatoms. The van der Waals surface area contributed by atoms with Crippen molar-refractivity contribution in [2.45, 2.75) is 25.6 Å². The van der Waals surface area contributed by atoms with Gasteiger partial charge in [-0.2, -0.15) is 13.2 Å². The standard InChI is InChI=1S/C17H14F3N3O3/c1-2-15(16(24)25)26-12-6-4-11(5-7-12)23-14-8-3-10(17(18,19)20)9-13(14)21-22-23/h3-9,15H,2H2,1H3,(H,24,25). The molecule has 26 heavy (non-hydrogen) atoms. The molecule has 0 saturated carbocycles. The maximum atomic E-state index is 12.8. The summed E-state index contributed by atoms with van der Waals surface area (Å²) in [6.45, 7) is 1.70. The van der Waals surface area contributed by atoms with E-state index in [0.29, 0.717) is 23.4 Å². The Balaban J connectivity index is 1.89. The molecule has 0 aliphatic rings. The fourth-order valence-corrected chi connectivity index (χ4v) is 2.43. The van der Waals surface area contributed by atoms with Crippen LogP contribution in [0.1, 0.15) is 18.9 Å². The second-order valence-corrected chi connectivity index (χ2v) is 5.55. The number of ether oxygens (including phenoxy) is 1. The molecular weight excluding hydrogens is 351 g/mol. The van der Waals surface area contributed by atoms with Crippen LogP contribution in [0.2, 0.25) is 0 Å². The molecule has 3 rings (SSSR count). The second-order valence-electron chi connectivity index (χ2n) is 5.55. The third kappa shape index (κ3) is 3.46. The SMILES string of the molecule is CCC(Oc1ccc(-n2nnc3cc(C(F)(F)F)ccc32)cc1)C(=O)O. The molecule has 2 aromatic carbocycles. The zero-order valence-corrected chi connectivity index (χ0v) is 13.6. The maximum absolute atomic E-state index is 12.8. The first-order valence-corrected chi connectivity index (χ1v) is 7.72. The molecule has 3 aromatic rings. The minimum Gasteiger partial charge on any atom is -0.479 e. The zero-order chi connectivity index (χ0) is 18.9. The fourth-order valence-electron chi connectivity index (χ4n) is 2.43.